The zero-order valence-electron chi connectivity index (χ0n) is 23.4. The van der Waals surface area contributed by atoms with Gasteiger partial charge >= 0.3 is 11.9 Å². The van der Waals surface area contributed by atoms with Crippen LogP contribution in [0.4, 0.5) is 5.69 Å². The highest BCUT2D eigenvalue weighted by Gasteiger charge is 2.29. The average Bonchev–Trinajstić information content (AvgIpc) is 3.37. The fraction of sp³-hybridized carbons (Fsp3) is 0.273. The Bertz CT molecular complexity index is 1520. The Balaban J connectivity index is 1.51. The quantitative estimate of drug-likeness (QED) is 0.237. The summed E-state index contributed by atoms with van der Waals surface area (Å²) in [6.45, 7) is 8.46. The fourth-order valence-electron chi connectivity index (χ4n) is 5.27. The molecule has 5 rings (SSSR count). The molecule has 40 heavy (non-hydrogen) atoms. The SMILES string of the molecule is COc1cc(OC(=O)c2ccccc2)ccc1-c1ccc2c(c1COC(=O)C1CC=C(C)S1)C(C)=CC(C)(C)N2. The van der Waals surface area contributed by atoms with Gasteiger partial charge in [-0.25, -0.2) is 4.79 Å². The predicted molar refractivity (Wildman–Crippen MR) is 161 cm³/mol. The van der Waals surface area contributed by atoms with Crippen LogP contribution in [-0.4, -0.2) is 29.8 Å². The van der Waals surface area contributed by atoms with Gasteiger partial charge in [0.15, 0.2) is 0 Å². The van der Waals surface area contributed by atoms with Crippen LogP contribution < -0.4 is 14.8 Å². The van der Waals surface area contributed by atoms with Gasteiger partial charge in [-0.3, -0.25) is 4.79 Å². The molecule has 206 valence electrons. The number of methoxy groups -OCH3 is 1. The number of benzene rings is 3. The molecule has 7 heteroatoms. The lowest BCUT2D eigenvalue weighted by molar-refractivity contribution is -0.144. The first-order valence-electron chi connectivity index (χ1n) is 13.2. The number of allylic oxidation sites excluding steroid dienone is 3. The molecule has 2 heterocycles. The zero-order valence-corrected chi connectivity index (χ0v) is 24.2. The van der Waals surface area contributed by atoms with Crippen LogP contribution in [0.1, 0.15) is 55.6 Å². The molecule has 0 aromatic heterocycles. The van der Waals surface area contributed by atoms with Gasteiger partial charge in [0.1, 0.15) is 23.4 Å². The Morgan fingerprint density at radius 2 is 1.77 bits per heavy atom. The molecule has 1 atom stereocenters. The first-order chi connectivity index (χ1) is 19.1. The Morgan fingerprint density at radius 1 is 1.02 bits per heavy atom. The van der Waals surface area contributed by atoms with Crippen molar-refractivity contribution < 1.29 is 23.8 Å². The minimum Gasteiger partial charge on any atom is -0.496 e. The molecule has 0 amide bonds. The summed E-state index contributed by atoms with van der Waals surface area (Å²) >= 11 is 1.55. The molecule has 0 aliphatic carbocycles. The highest BCUT2D eigenvalue weighted by molar-refractivity contribution is 8.04. The van der Waals surface area contributed by atoms with E-state index in [0.29, 0.717) is 23.5 Å². The van der Waals surface area contributed by atoms with Crippen molar-refractivity contribution in [1.29, 1.82) is 0 Å². The van der Waals surface area contributed by atoms with Crippen LogP contribution in [0.15, 0.2) is 77.7 Å². The molecule has 0 saturated carbocycles. The van der Waals surface area contributed by atoms with Gasteiger partial charge in [0.25, 0.3) is 0 Å². The second-order valence-electron chi connectivity index (χ2n) is 10.6. The van der Waals surface area contributed by atoms with Crippen molar-refractivity contribution in [2.45, 2.75) is 51.5 Å². The normalized spacial score (nSPS) is 17.2. The molecule has 3 aromatic rings. The minimum atomic E-state index is -0.444. The number of carbonyl (C=O) groups excluding carboxylic acids is 2. The molecule has 3 aromatic carbocycles. The Kier molecular flexibility index (Phi) is 7.76. The average molecular weight is 556 g/mol. The maximum Gasteiger partial charge on any atom is 0.343 e. The number of anilines is 1. The Morgan fingerprint density at radius 3 is 2.48 bits per heavy atom. The Labute approximate surface area is 239 Å². The molecular weight excluding hydrogens is 522 g/mol. The summed E-state index contributed by atoms with van der Waals surface area (Å²) in [5, 5.41) is 3.37. The van der Waals surface area contributed by atoms with E-state index in [4.69, 9.17) is 14.2 Å². The first-order valence-corrected chi connectivity index (χ1v) is 14.1. The lowest BCUT2D eigenvalue weighted by Crippen LogP contribution is -2.32. The smallest absolute Gasteiger partial charge is 0.343 e. The van der Waals surface area contributed by atoms with Crippen molar-refractivity contribution in [3.8, 4) is 22.6 Å². The number of hydrogen-bond acceptors (Lipinski definition) is 7. The van der Waals surface area contributed by atoms with E-state index in [1.807, 2.05) is 25.1 Å². The molecule has 2 aliphatic rings. The van der Waals surface area contributed by atoms with Crippen LogP contribution in [0, 0.1) is 0 Å². The van der Waals surface area contributed by atoms with Crippen molar-refractivity contribution in [2.75, 3.05) is 12.4 Å². The lowest BCUT2D eigenvalue weighted by Gasteiger charge is -2.33. The van der Waals surface area contributed by atoms with E-state index in [9.17, 15) is 9.59 Å². The van der Waals surface area contributed by atoms with Crippen LogP contribution in [-0.2, 0) is 16.1 Å². The fourth-order valence-corrected chi connectivity index (χ4v) is 6.27. The van der Waals surface area contributed by atoms with Gasteiger partial charge in [-0.15, -0.1) is 11.8 Å². The summed E-state index contributed by atoms with van der Waals surface area (Å²) in [6.07, 6.45) is 4.94. The molecule has 0 radical (unpaired) electrons. The first kappa shape index (κ1) is 27.6. The van der Waals surface area contributed by atoms with Crippen LogP contribution in [0.5, 0.6) is 11.5 Å². The van der Waals surface area contributed by atoms with E-state index >= 15 is 0 Å². The number of hydrogen-bond donors (Lipinski definition) is 1. The van der Waals surface area contributed by atoms with E-state index in [0.717, 1.165) is 38.4 Å². The molecule has 0 bridgehead atoms. The Hall–Kier alpha value is -3.97. The van der Waals surface area contributed by atoms with E-state index in [1.165, 1.54) is 0 Å². The van der Waals surface area contributed by atoms with Gasteiger partial charge in [0, 0.05) is 28.4 Å². The maximum atomic E-state index is 13.0. The molecule has 0 fully saturated rings. The van der Waals surface area contributed by atoms with Gasteiger partial charge in [0.05, 0.1) is 18.2 Å². The molecule has 0 spiro atoms. The van der Waals surface area contributed by atoms with E-state index in [1.54, 1.807) is 55.3 Å². The van der Waals surface area contributed by atoms with Crippen molar-refractivity contribution in [1.82, 2.24) is 0 Å². The topological polar surface area (TPSA) is 73.9 Å². The van der Waals surface area contributed by atoms with E-state index in [2.05, 4.69) is 44.3 Å². The lowest BCUT2D eigenvalue weighted by atomic mass is 9.85. The molecule has 0 saturated heterocycles. The highest BCUT2D eigenvalue weighted by Crippen LogP contribution is 2.43. The summed E-state index contributed by atoms with van der Waals surface area (Å²) in [4.78, 5) is 26.7. The molecule has 1 N–H and O–H groups in total. The summed E-state index contributed by atoms with van der Waals surface area (Å²) in [7, 11) is 1.58. The number of thioether (sulfide) groups is 1. The third-order valence-electron chi connectivity index (χ3n) is 6.99. The van der Waals surface area contributed by atoms with Crippen LogP contribution in [0.25, 0.3) is 16.7 Å². The van der Waals surface area contributed by atoms with Crippen LogP contribution in [0.3, 0.4) is 0 Å². The minimum absolute atomic E-state index is 0.120. The van der Waals surface area contributed by atoms with Crippen molar-refractivity contribution in [2.24, 2.45) is 0 Å². The van der Waals surface area contributed by atoms with Crippen molar-refractivity contribution in [3.63, 3.8) is 0 Å². The van der Waals surface area contributed by atoms with Gasteiger partial charge in [-0.2, -0.15) is 0 Å². The van der Waals surface area contributed by atoms with Crippen molar-refractivity contribution >= 4 is 35.0 Å². The van der Waals surface area contributed by atoms with Crippen LogP contribution in [0.2, 0.25) is 0 Å². The van der Waals surface area contributed by atoms with Crippen LogP contribution >= 0.6 is 11.8 Å². The standard InChI is InChI=1S/C33H33NO5S/c1-20-18-33(3,4)34-27-15-14-24(26(30(20)27)19-38-32(36)29-16-11-21(2)40-29)25-13-12-23(17-28(25)37-5)39-31(35)22-9-7-6-8-10-22/h6-15,17-18,29,34H,16,19H2,1-5H3. The molecule has 1 unspecified atom stereocenters. The monoisotopic (exact) mass is 555 g/mol. The van der Waals surface area contributed by atoms with Gasteiger partial charge in [0.2, 0.25) is 0 Å². The number of carbonyl (C=O) groups is 2. The molecular formula is C33H33NO5S. The third-order valence-corrected chi connectivity index (χ3v) is 8.20. The van der Waals surface area contributed by atoms with Gasteiger partial charge in [-0.05, 0) is 80.5 Å². The predicted octanol–water partition coefficient (Wildman–Crippen LogP) is 7.64. The number of ether oxygens (including phenoxy) is 3. The summed E-state index contributed by atoms with van der Waals surface area (Å²) in [6, 6.07) is 18.3. The van der Waals surface area contributed by atoms with Gasteiger partial charge < -0.3 is 19.5 Å². The summed E-state index contributed by atoms with van der Waals surface area (Å²) in [5.74, 6) is 0.257. The number of nitrogens with one attached hydrogen (secondary N) is 1. The highest BCUT2D eigenvalue weighted by atomic mass is 32.2. The summed E-state index contributed by atoms with van der Waals surface area (Å²) in [5.41, 5.74) is 5.94. The maximum absolute atomic E-state index is 13.0. The summed E-state index contributed by atoms with van der Waals surface area (Å²) < 4.78 is 17.3. The van der Waals surface area contributed by atoms with E-state index < -0.39 is 5.97 Å². The van der Waals surface area contributed by atoms with E-state index in [-0.39, 0.29) is 23.4 Å². The number of fused-ring (bicyclic) bond motifs is 1. The second-order valence-corrected chi connectivity index (χ2v) is 12.0. The second kappa shape index (κ2) is 11.3. The third kappa shape index (κ3) is 5.80. The van der Waals surface area contributed by atoms with Crippen molar-refractivity contribution in [3.05, 3.63) is 94.4 Å². The largest absolute Gasteiger partial charge is 0.496 e. The molecule has 6 nitrogen and oxygen atoms in total. The number of esters is 2. The zero-order chi connectivity index (χ0) is 28.4. The molecule has 2 aliphatic heterocycles. The van der Waals surface area contributed by atoms with Gasteiger partial charge in [-0.1, -0.05) is 36.4 Å². The number of rotatable bonds is 7.